The predicted octanol–water partition coefficient (Wildman–Crippen LogP) is 2.66. The zero-order valence-electron chi connectivity index (χ0n) is 13.3. The van der Waals surface area contributed by atoms with Gasteiger partial charge in [0.1, 0.15) is 0 Å². The highest BCUT2D eigenvalue weighted by molar-refractivity contribution is 14.0. The zero-order chi connectivity index (χ0) is 15.1. The van der Waals surface area contributed by atoms with Gasteiger partial charge in [-0.05, 0) is 31.1 Å². The second-order valence-electron chi connectivity index (χ2n) is 5.15. The van der Waals surface area contributed by atoms with Crippen LogP contribution in [0.25, 0.3) is 0 Å². The number of nitrogens with zero attached hydrogens (tertiary/aromatic N) is 2. The van der Waals surface area contributed by atoms with E-state index in [1.54, 1.807) is 7.11 Å². The molecule has 0 spiro atoms. The first-order valence-corrected chi connectivity index (χ1v) is 8.52. The Morgan fingerprint density at radius 1 is 1.45 bits per heavy atom. The van der Waals surface area contributed by atoms with E-state index in [1.807, 2.05) is 37.1 Å². The van der Waals surface area contributed by atoms with E-state index < -0.39 is 0 Å². The third kappa shape index (κ3) is 5.83. The molecular formula is C15H25IN4OS. The Balaban J connectivity index is 0.00000242. The van der Waals surface area contributed by atoms with Crippen LogP contribution >= 0.6 is 35.7 Å². The van der Waals surface area contributed by atoms with Crippen LogP contribution in [0.4, 0.5) is 0 Å². The molecule has 0 aromatic carbocycles. The van der Waals surface area contributed by atoms with Gasteiger partial charge in [-0.15, -0.1) is 24.0 Å². The van der Waals surface area contributed by atoms with E-state index >= 15 is 0 Å². The molecule has 7 heteroatoms. The lowest BCUT2D eigenvalue weighted by Crippen LogP contribution is -2.42. The molecule has 124 valence electrons. The maximum atomic E-state index is 5.06. The Morgan fingerprint density at radius 3 is 2.82 bits per heavy atom. The van der Waals surface area contributed by atoms with Crippen molar-refractivity contribution < 1.29 is 4.74 Å². The number of nitrogens with one attached hydrogen (secondary N) is 2. The van der Waals surface area contributed by atoms with Crippen LogP contribution in [0.3, 0.4) is 0 Å². The standard InChI is InChI=1S/C15H24N4OS.HI/c1-16-15(19-12-5-6-13(8-12)21-3)18-10-11-4-7-14(20-2)17-9-11;/h4,7,9,12-13H,5-6,8,10H2,1-3H3,(H2,16,18,19);1H. The summed E-state index contributed by atoms with van der Waals surface area (Å²) < 4.78 is 5.06. The van der Waals surface area contributed by atoms with Crippen molar-refractivity contribution in [3.63, 3.8) is 0 Å². The first-order valence-electron chi connectivity index (χ1n) is 7.24. The van der Waals surface area contributed by atoms with Crippen LogP contribution in [-0.2, 0) is 6.54 Å². The number of aliphatic imine (C=N–C) groups is 1. The van der Waals surface area contributed by atoms with Gasteiger partial charge in [0.2, 0.25) is 5.88 Å². The van der Waals surface area contributed by atoms with Gasteiger partial charge in [0.05, 0.1) is 7.11 Å². The van der Waals surface area contributed by atoms with Crippen molar-refractivity contribution in [2.24, 2.45) is 4.99 Å². The average molecular weight is 436 g/mol. The van der Waals surface area contributed by atoms with Crippen LogP contribution in [0, 0.1) is 0 Å². The number of pyridine rings is 1. The number of ether oxygens (including phenoxy) is 1. The van der Waals surface area contributed by atoms with Crippen molar-refractivity contribution in [1.82, 2.24) is 15.6 Å². The van der Waals surface area contributed by atoms with Gasteiger partial charge in [-0.3, -0.25) is 4.99 Å². The lowest BCUT2D eigenvalue weighted by molar-refractivity contribution is 0.397. The number of thioether (sulfide) groups is 1. The second-order valence-corrected chi connectivity index (χ2v) is 6.28. The highest BCUT2D eigenvalue weighted by Crippen LogP contribution is 2.27. The van der Waals surface area contributed by atoms with Crippen LogP contribution in [0.5, 0.6) is 5.88 Å². The van der Waals surface area contributed by atoms with Crippen LogP contribution < -0.4 is 15.4 Å². The van der Waals surface area contributed by atoms with Crippen molar-refractivity contribution in [2.45, 2.75) is 37.1 Å². The third-order valence-corrected chi connectivity index (χ3v) is 4.84. The number of guanidine groups is 1. The number of aromatic nitrogens is 1. The summed E-state index contributed by atoms with van der Waals surface area (Å²) in [7, 11) is 3.43. The van der Waals surface area contributed by atoms with E-state index in [4.69, 9.17) is 4.74 Å². The number of hydrogen-bond donors (Lipinski definition) is 2. The van der Waals surface area contributed by atoms with Crippen LogP contribution in [0.1, 0.15) is 24.8 Å². The highest BCUT2D eigenvalue weighted by atomic mass is 127. The average Bonchev–Trinajstić information content (AvgIpc) is 2.99. The molecule has 0 saturated heterocycles. The van der Waals surface area contributed by atoms with Gasteiger partial charge in [-0.2, -0.15) is 11.8 Å². The SMILES string of the molecule is CN=C(NCc1ccc(OC)nc1)NC1CCC(SC)C1.I. The molecule has 1 heterocycles. The molecule has 5 nitrogen and oxygen atoms in total. The molecule has 2 rings (SSSR count). The van der Waals surface area contributed by atoms with E-state index in [0.29, 0.717) is 18.5 Å². The summed E-state index contributed by atoms with van der Waals surface area (Å²) in [4.78, 5) is 8.49. The summed E-state index contributed by atoms with van der Waals surface area (Å²) in [6, 6.07) is 4.40. The summed E-state index contributed by atoms with van der Waals surface area (Å²) in [6.07, 6.45) is 7.73. The fraction of sp³-hybridized carbons (Fsp3) is 0.600. The van der Waals surface area contributed by atoms with Crippen molar-refractivity contribution in [1.29, 1.82) is 0 Å². The Bertz CT molecular complexity index is 469. The van der Waals surface area contributed by atoms with E-state index in [-0.39, 0.29) is 24.0 Å². The number of methoxy groups -OCH3 is 1. The third-order valence-electron chi connectivity index (χ3n) is 3.75. The fourth-order valence-corrected chi connectivity index (χ4v) is 3.29. The number of halogens is 1. The molecule has 1 aromatic heterocycles. The van der Waals surface area contributed by atoms with Crippen LogP contribution in [0.2, 0.25) is 0 Å². The number of rotatable bonds is 5. The van der Waals surface area contributed by atoms with E-state index in [2.05, 4.69) is 26.9 Å². The highest BCUT2D eigenvalue weighted by Gasteiger charge is 2.24. The molecule has 1 aromatic rings. The molecule has 1 aliphatic carbocycles. The molecule has 2 unspecified atom stereocenters. The van der Waals surface area contributed by atoms with Gasteiger partial charge in [-0.1, -0.05) is 6.07 Å². The van der Waals surface area contributed by atoms with E-state index in [0.717, 1.165) is 16.8 Å². The van der Waals surface area contributed by atoms with Crippen molar-refractivity contribution >= 4 is 41.7 Å². The molecule has 1 saturated carbocycles. The normalized spacial score (nSPS) is 21.1. The molecule has 0 radical (unpaired) electrons. The van der Waals surface area contributed by atoms with Gasteiger partial charge in [0.25, 0.3) is 0 Å². The first-order chi connectivity index (χ1) is 10.2. The zero-order valence-corrected chi connectivity index (χ0v) is 16.5. The molecule has 1 fully saturated rings. The lowest BCUT2D eigenvalue weighted by atomic mass is 10.2. The monoisotopic (exact) mass is 436 g/mol. The van der Waals surface area contributed by atoms with Gasteiger partial charge in [-0.25, -0.2) is 4.98 Å². The minimum absolute atomic E-state index is 0. The Labute approximate surface area is 154 Å². The minimum atomic E-state index is 0. The van der Waals surface area contributed by atoms with Crippen LogP contribution in [-0.4, -0.2) is 42.6 Å². The smallest absolute Gasteiger partial charge is 0.212 e. The quantitative estimate of drug-likeness (QED) is 0.422. The van der Waals surface area contributed by atoms with Gasteiger partial charge in [0, 0.05) is 37.1 Å². The number of hydrogen-bond acceptors (Lipinski definition) is 4. The van der Waals surface area contributed by atoms with Gasteiger partial charge in [0.15, 0.2) is 5.96 Å². The molecule has 0 amide bonds. The Hall–Kier alpha value is -0.700. The van der Waals surface area contributed by atoms with Gasteiger partial charge >= 0.3 is 0 Å². The van der Waals surface area contributed by atoms with Crippen molar-refractivity contribution in [2.75, 3.05) is 20.4 Å². The summed E-state index contributed by atoms with van der Waals surface area (Å²) in [5, 5.41) is 7.62. The molecular weight excluding hydrogens is 411 g/mol. The molecule has 2 atom stereocenters. The minimum Gasteiger partial charge on any atom is -0.481 e. The second kappa shape index (κ2) is 10.1. The largest absolute Gasteiger partial charge is 0.481 e. The Morgan fingerprint density at radius 2 is 2.27 bits per heavy atom. The molecule has 2 N–H and O–H groups in total. The van der Waals surface area contributed by atoms with E-state index in [1.165, 1.54) is 19.3 Å². The van der Waals surface area contributed by atoms with E-state index in [9.17, 15) is 0 Å². The predicted molar refractivity (Wildman–Crippen MR) is 104 cm³/mol. The molecule has 1 aliphatic rings. The summed E-state index contributed by atoms with van der Waals surface area (Å²) >= 11 is 1.96. The maximum Gasteiger partial charge on any atom is 0.212 e. The summed E-state index contributed by atoms with van der Waals surface area (Å²) in [5.74, 6) is 1.49. The first kappa shape index (κ1) is 19.3. The van der Waals surface area contributed by atoms with Crippen molar-refractivity contribution in [3.05, 3.63) is 23.9 Å². The Kier molecular flexibility index (Phi) is 8.92. The fourth-order valence-electron chi connectivity index (χ4n) is 2.50. The maximum absolute atomic E-state index is 5.06. The van der Waals surface area contributed by atoms with Crippen molar-refractivity contribution in [3.8, 4) is 5.88 Å². The molecule has 22 heavy (non-hydrogen) atoms. The summed E-state index contributed by atoms with van der Waals surface area (Å²) in [6.45, 7) is 0.704. The molecule has 0 aliphatic heterocycles. The lowest BCUT2D eigenvalue weighted by Gasteiger charge is -2.17. The van der Waals surface area contributed by atoms with Gasteiger partial charge < -0.3 is 15.4 Å². The molecule has 0 bridgehead atoms. The van der Waals surface area contributed by atoms with Crippen LogP contribution in [0.15, 0.2) is 23.3 Å². The summed E-state index contributed by atoms with van der Waals surface area (Å²) in [5.41, 5.74) is 1.10. The topological polar surface area (TPSA) is 58.5 Å².